The van der Waals surface area contributed by atoms with Crippen LogP contribution < -0.4 is 4.72 Å². The van der Waals surface area contributed by atoms with Crippen molar-refractivity contribution in [3.63, 3.8) is 0 Å². The number of hydrogen-bond donors (Lipinski definition) is 2. The Balaban J connectivity index is 2.35. The second kappa shape index (κ2) is 5.52. The summed E-state index contributed by atoms with van der Waals surface area (Å²) in [5.41, 5.74) is 0. The van der Waals surface area contributed by atoms with E-state index < -0.39 is 10.0 Å². The summed E-state index contributed by atoms with van der Waals surface area (Å²) < 4.78 is 30.3. The van der Waals surface area contributed by atoms with Gasteiger partial charge in [0.1, 0.15) is 4.90 Å². The summed E-state index contributed by atoms with van der Waals surface area (Å²) in [5, 5.41) is 6.00. The van der Waals surface area contributed by atoms with Gasteiger partial charge in [0.2, 0.25) is 10.0 Å². The van der Waals surface area contributed by atoms with Gasteiger partial charge in [-0.25, -0.2) is 13.1 Å². The van der Waals surface area contributed by atoms with Crippen LogP contribution in [0.15, 0.2) is 30.1 Å². The maximum Gasteiger partial charge on any atom is 0.243 e. The third-order valence-electron chi connectivity index (χ3n) is 1.63. The lowest BCUT2D eigenvalue weighted by molar-refractivity contribution is 0.247. The number of aromatic amines is 1. The van der Waals surface area contributed by atoms with Gasteiger partial charge in [-0.05, 0) is 6.42 Å². The van der Waals surface area contributed by atoms with Crippen LogP contribution in [0.5, 0.6) is 0 Å². The molecule has 0 aromatic carbocycles. The number of sulfonamides is 1. The van der Waals surface area contributed by atoms with Crippen LogP contribution >= 0.6 is 0 Å². The van der Waals surface area contributed by atoms with E-state index in [-0.39, 0.29) is 4.90 Å². The molecule has 0 amide bonds. The van der Waals surface area contributed by atoms with E-state index in [0.29, 0.717) is 19.6 Å². The molecule has 2 N–H and O–H groups in total. The van der Waals surface area contributed by atoms with E-state index in [1.165, 1.54) is 18.7 Å². The predicted octanol–water partition coefficient (Wildman–Crippen LogP) is 0.238. The zero-order valence-corrected chi connectivity index (χ0v) is 8.96. The molecule has 0 fully saturated rings. The summed E-state index contributed by atoms with van der Waals surface area (Å²) in [6.45, 7) is 4.14. The first kappa shape index (κ1) is 11.7. The number of rotatable bonds is 7. The topological polar surface area (TPSA) is 84.1 Å². The first-order chi connectivity index (χ1) is 7.17. The fourth-order valence-corrected chi connectivity index (χ4v) is 1.89. The van der Waals surface area contributed by atoms with E-state index in [1.54, 1.807) is 0 Å². The molecule has 0 spiro atoms. The molecule has 0 bridgehead atoms. The molecule has 0 unspecified atom stereocenters. The highest BCUT2D eigenvalue weighted by molar-refractivity contribution is 7.89. The van der Waals surface area contributed by atoms with E-state index in [4.69, 9.17) is 4.74 Å². The van der Waals surface area contributed by atoms with Gasteiger partial charge in [-0.15, -0.1) is 0 Å². The maximum absolute atomic E-state index is 11.5. The molecule has 0 saturated heterocycles. The van der Waals surface area contributed by atoms with Crippen molar-refractivity contribution in [2.45, 2.75) is 11.3 Å². The molecule has 0 atom stereocenters. The molecule has 0 aliphatic rings. The molecule has 1 aromatic rings. The molecule has 0 saturated carbocycles. The van der Waals surface area contributed by atoms with Gasteiger partial charge in [-0.3, -0.25) is 5.10 Å². The minimum absolute atomic E-state index is 0.132. The lowest BCUT2D eigenvalue weighted by Crippen LogP contribution is -2.25. The van der Waals surface area contributed by atoms with Crippen LogP contribution in [0.3, 0.4) is 0 Å². The summed E-state index contributed by atoms with van der Waals surface area (Å²) in [6.07, 6.45) is 4.48. The molecular formula is C8H13N3O3S. The molecule has 1 heterocycles. The Morgan fingerprint density at radius 2 is 2.47 bits per heavy atom. The molecule has 0 aliphatic carbocycles. The standard InChI is InChI=1S/C8H13N3O3S/c1-2-14-5-3-4-11-15(12,13)8-6-9-10-7-8/h2,6-7,11H,1,3-5H2,(H,9,10). The molecule has 1 aromatic heterocycles. The van der Waals surface area contributed by atoms with E-state index in [0.717, 1.165) is 0 Å². The van der Waals surface area contributed by atoms with Crippen molar-refractivity contribution >= 4 is 10.0 Å². The normalized spacial score (nSPS) is 11.2. The Kier molecular flexibility index (Phi) is 4.32. The Morgan fingerprint density at radius 3 is 3.07 bits per heavy atom. The number of hydrogen-bond acceptors (Lipinski definition) is 4. The van der Waals surface area contributed by atoms with E-state index in [1.807, 2.05) is 0 Å². The van der Waals surface area contributed by atoms with Crippen molar-refractivity contribution < 1.29 is 13.2 Å². The predicted molar refractivity (Wildman–Crippen MR) is 54.5 cm³/mol. The van der Waals surface area contributed by atoms with Crippen LogP contribution in [-0.2, 0) is 14.8 Å². The molecule has 15 heavy (non-hydrogen) atoms. The number of H-pyrrole nitrogens is 1. The molecule has 84 valence electrons. The smallest absolute Gasteiger partial charge is 0.243 e. The zero-order chi connectivity index (χ0) is 11.1. The Morgan fingerprint density at radius 1 is 1.67 bits per heavy atom. The number of nitrogens with zero attached hydrogens (tertiary/aromatic N) is 1. The number of ether oxygens (including phenoxy) is 1. The third-order valence-corrected chi connectivity index (χ3v) is 3.06. The van der Waals surface area contributed by atoms with Gasteiger partial charge in [-0.1, -0.05) is 6.58 Å². The summed E-state index contributed by atoms with van der Waals surface area (Å²) in [7, 11) is -3.43. The van der Waals surface area contributed by atoms with Crippen LogP contribution in [0.4, 0.5) is 0 Å². The second-order valence-corrected chi connectivity index (χ2v) is 4.49. The molecule has 1 rings (SSSR count). The molecule has 6 nitrogen and oxygen atoms in total. The molecule has 0 radical (unpaired) electrons. The van der Waals surface area contributed by atoms with Crippen molar-refractivity contribution in [2.24, 2.45) is 0 Å². The van der Waals surface area contributed by atoms with Gasteiger partial charge >= 0.3 is 0 Å². The maximum atomic E-state index is 11.5. The van der Waals surface area contributed by atoms with Crippen LogP contribution in [-0.4, -0.2) is 31.8 Å². The van der Waals surface area contributed by atoms with Crippen LogP contribution in [0.2, 0.25) is 0 Å². The van der Waals surface area contributed by atoms with E-state index >= 15 is 0 Å². The Hall–Kier alpha value is -1.34. The van der Waals surface area contributed by atoms with Crippen LogP contribution in [0.25, 0.3) is 0 Å². The number of aromatic nitrogens is 2. The van der Waals surface area contributed by atoms with Gasteiger partial charge in [0.25, 0.3) is 0 Å². The van der Waals surface area contributed by atoms with Gasteiger partial charge in [0.15, 0.2) is 0 Å². The average molecular weight is 231 g/mol. The van der Waals surface area contributed by atoms with Crippen molar-refractivity contribution in [3.8, 4) is 0 Å². The van der Waals surface area contributed by atoms with Gasteiger partial charge in [0, 0.05) is 12.7 Å². The Bertz CT molecular complexity index is 385. The third kappa shape index (κ3) is 3.72. The SMILES string of the molecule is C=COCCCNS(=O)(=O)c1cn[nH]c1. The van der Waals surface area contributed by atoms with Crippen molar-refractivity contribution in [2.75, 3.05) is 13.2 Å². The van der Waals surface area contributed by atoms with Crippen LogP contribution in [0.1, 0.15) is 6.42 Å². The summed E-state index contributed by atoms with van der Waals surface area (Å²) >= 11 is 0. The monoisotopic (exact) mass is 231 g/mol. The van der Waals surface area contributed by atoms with Crippen molar-refractivity contribution in [3.05, 3.63) is 25.2 Å². The molecule has 7 heteroatoms. The zero-order valence-electron chi connectivity index (χ0n) is 8.14. The van der Waals surface area contributed by atoms with Crippen molar-refractivity contribution in [1.82, 2.24) is 14.9 Å². The quantitative estimate of drug-likeness (QED) is 0.520. The van der Waals surface area contributed by atoms with Gasteiger partial charge in [-0.2, -0.15) is 5.10 Å². The highest BCUT2D eigenvalue weighted by Crippen LogP contribution is 2.03. The fraction of sp³-hybridized carbons (Fsp3) is 0.375. The summed E-state index contributed by atoms with van der Waals surface area (Å²) in [6, 6.07) is 0. The first-order valence-corrected chi connectivity index (χ1v) is 5.86. The second-order valence-electron chi connectivity index (χ2n) is 2.72. The highest BCUT2D eigenvalue weighted by atomic mass is 32.2. The minimum atomic E-state index is -3.43. The van der Waals surface area contributed by atoms with Gasteiger partial charge < -0.3 is 4.74 Å². The van der Waals surface area contributed by atoms with Crippen LogP contribution in [0, 0.1) is 0 Å². The summed E-state index contributed by atoms with van der Waals surface area (Å²) in [4.78, 5) is 0.132. The summed E-state index contributed by atoms with van der Waals surface area (Å²) in [5.74, 6) is 0. The first-order valence-electron chi connectivity index (χ1n) is 4.38. The Labute approximate surface area is 88.4 Å². The number of nitrogens with one attached hydrogen (secondary N) is 2. The largest absolute Gasteiger partial charge is 0.502 e. The minimum Gasteiger partial charge on any atom is -0.502 e. The average Bonchev–Trinajstić information content (AvgIpc) is 2.70. The molecule has 0 aliphatic heterocycles. The van der Waals surface area contributed by atoms with E-state index in [2.05, 4.69) is 21.5 Å². The fourth-order valence-electron chi connectivity index (χ4n) is 0.915. The molecular weight excluding hydrogens is 218 g/mol. The lowest BCUT2D eigenvalue weighted by Gasteiger charge is -2.03. The van der Waals surface area contributed by atoms with Crippen molar-refractivity contribution in [1.29, 1.82) is 0 Å². The van der Waals surface area contributed by atoms with E-state index in [9.17, 15) is 8.42 Å². The van der Waals surface area contributed by atoms with Gasteiger partial charge in [0.05, 0.1) is 19.1 Å². The highest BCUT2D eigenvalue weighted by Gasteiger charge is 2.13. The lowest BCUT2D eigenvalue weighted by atomic mass is 10.5.